The van der Waals surface area contributed by atoms with E-state index in [0.717, 1.165) is 31.2 Å². The third kappa shape index (κ3) is 7.21. The van der Waals surface area contributed by atoms with Crippen LogP contribution in [0.1, 0.15) is 66.7 Å². The van der Waals surface area contributed by atoms with Crippen molar-refractivity contribution in [3.05, 3.63) is 64.7 Å². The van der Waals surface area contributed by atoms with Crippen LogP contribution < -0.4 is 4.74 Å². The molecule has 0 aromatic heterocycles. The van der Waals surface area contributed by atoms with E-state index in [1.165, 1.54) is 7.11 Å². The van der Waals surface area contributed by atoms with E-state index in [4.69, 9.17) is 9.47 Å². The molecular formula is C28H31F6NO3. The maximum atomic E-state index is 13.6. The zero-order valence-corrected chi connectivity index (χ0v) is 21.1. The molecule has 10 heteroatoms. The van der Waals surface area contributed by atoms with Crippen LogP contribution in [-0.4, -0.2) is 37.2 Å². The molecule has 2 atom stereocenters. The van der Waals surface area contributed by atoms with Crippen molar-refractivity contribution >= 4 is 5.97 Å². The fraction of sp³-hybridized carbons (Fsp3) is 0.536. The molecule has 2 aromatic rings. The number of ether oxygens (including phenoxy) is 2. The van der Waals surface area contributed by atoms with E-state index in [1.54, 1.807) is 11.0 Å². The number of hydrogen-bond acceptors (Lipinski definition) is 4. The van der Waals surface area contributed by atoms with Gasteiger partial charge in [-0.05, 0) is 85.5 Å². The molecule has 0 radical (unpaired) electrons. The molecule has 0 N–H and O–H groups in total. The number of alkyl halides is 6. The number of rotatable bonds is 9. The van der Waals surface area contributed by atoms with Crippen LogP contribution in [0, 0.1) is 5.92 Å². The first kappa shape index (κ1) is 28.3. The summed E-state index contributed by atoms with van der Waals surface area (Å²) in [5, 5.41) is 0. The number of likely N-dealkylation sites (tertiary alicyclic amines) is 1. The molecule has 1 saturated carbocycles. The van der Waals surface area contributed by atoms with Crippen molar-refractivity contribution in [2.24, 2.45) is 5.92 Å². The average molecular weight is 544 g/mol. The number of carbonyl (C=O) groups excluding carboxylic acids is 1. The van der Waals surface area contributed by atoms with Crippen LogP contribution in [0.25, 0.3) is 0 Å². The Labute approximate surface area is 217 Å². The lowest BCUT2D eigenvalue weighted by Crippen LogP contribution is -2.43. The Hall–Kier alpha value is -2.75. The highest BCUT2D eigenvalue weighted by Gasteiger charge is 2.38. The van der Waals surface area contributed by atoms with Crippen molar-refractivity contribution in [1.29, 1.82) is 0 Å². The standard InChI is InChI=1S/C28H31F6NO3/c1-37-26(36)15-24(18-8-9-18)19-5-4-7-23(14-19)38-17-22-6-2-3-12-35(22)16-20-13-21(27(29,30)31)10-11-25(20)28(32,33)34/h4-5,7,10-11,13-14,18,22,24H,2-3,6,8-9,12,15-17H2,1H3. The summed E-state index contributed by atoms with van der Waals surface area (Å²) in [6.45, 7) is 0.398. The highest BCUT2D eigenvalue weighted by atomic mass is 19.4. The molecule has 4 nitrogen and oxygen atoms in total. The molecule has 0 amide bonds. The highest BCUT2D eigenvalue weighted by Crippen LogP contribution is 2.45. The maximum Gasteiger partial charge on any atom is 0.416 e. The smallest absolute Gasteiger partial charge is 0.416 e. The fourth-order valence-electron chi connectivity index (χ4n) is 5.20. The summed E-state index contributed by atoms with van der Waals surface area (Å²) in [6.07, 6.45) is -4.89. The normalized spacial score (nSPS) is 19.7. The summed E-state index contributed by atoms with van der Waals surface area (Å²) >= 11 is 0. The van der Waals surface area contributed by atoms with Crippen LogP contribution in [0.3, 0.4) is 0 Å². The van der Waals surface area contributed by atoms with Gasteiger partial charge in [-0.2, -0.15) is 26.3 Å². The molecule has 1 saturated heterocycles. The van der Waals surface area contributed by atoms with Gasteiger partial charge in [0.25, 0.3) is 0 Å². The van der Waals surface area contributed by atoms with Crippen LogP contribution in [0.5, 0.6) is 5.75 Å². The molecule has 4 rings (SSSR count). The van der Waals surface area contributed by atoms with E-state index in [2.05, 4.69) is 0 Å². The zero-order chi connectivity index (χ0) is 27.5. The van der Waals surface area contributed by atoms with E-state index >= 15 is 0 Å². The van der Waals surface area contributed by atoms with Gasteiger partial charge in [-0.25, -0.2) is 0 Å². The van der Waals surface area contributed by atoms with Gasteiger partial charge in [0.2, 0.25) is 0 Å². The molecule has 38 heavy (non-hydrogen) atoms. The molecule has 0 bridgehead atoms. The Morgan fingerprint density at radius 3 is 2.42 bits per heavy atom. The number of hydrogen-bond donors (Lipinski definition) is 0. The van der Waals surface area contributed by atoms with Gasteiger partial charge in [0.05, 0.1) is 24.7 Å². The molecule has 2 fully saturated rings. The predicted octanol–water partition coefficient (Wildman–Crippen LogP) is 7.21. The molecular weight excluding hydrogens is 512 g/mol. The van der Waals surface area contributed by atoms with Gasteiger partial charge >= 0.3 is 18.3 Å². The minimum absolute atomic E-state index is 0.0267. The number of benzene rings is 2. The molecule has 208 valence electrons. The van der Waals surface area contributed by atoms with Crippen molar-refractivity contribution in [2.75, 3.05) is 20.3 Å². The van der Waals surface area contributed by atoms with E-state index < -0.39 is 29.0 Å². The van der Waals surface area contributed by atoms with E-state index in [-0.39, 0.29) is 37.5 Å². The second-order valence-corrected chi connectivity index (χ2v) is 10.1. The Balaban J connectivity index is 1.48. The Morgan fingerprint density at radius 2 is 1.76 bits per heavy atom. The third-order valence-electron chi connectivity index (χ3n) is 7.39. The second-order valence-electron chi connectivity index (χ2n) is 10.1. The lowest BCUT2D eigenvalue weighted by molar-refractivity contribution is -0.142. The van der Waals surface area contributed by atoms with Crippen molar-refractivity contribution < 1.29 is 40.6 Å². The quantitative estimate of drug-likeness (QED) is 0.247. The third-order valence-corrected chi connectivity index (χ3v) is 7.39. The van der Waals surface area contributed by atoms with Crippen molar-refractivity contribution in [3.8, 4) is 5.75 Å². The predicted molar refractivity (Wildman–Crippen MR) is 129 cm³/mol. The van der Waals surface area contributed by atoms with Crippen molar-refractivity contribution in [2.45, 2.75) is 69.4 Å². The van der Waals surface area contributed by atoms with Gasteiger partial charge in [-0.3, -0.25) is 9.69 Å². The number of halogens is 6. The highest BCUT2D eigenvalue weighted by molar-refractivity contribution is 5.70. The number of carbonyl (C=O) groups is 1. The van der Waals surface area contributed by atoms with E-state index in [9.17, 15) is 31.1 Å². The first-order valence-electron chi connectivity index (χ1n) is 12.8. The monoisotopic (exact) mass is 543 g/mol. The van der Waals surface area contributed by atoms with Gasteiger partial charge < -0.3 is 9.47 Å². The fourth-order valence-corrected chi connectivity index (χ4v) is 5.20. The van der Waals surface area contributed by atoms with Gasteiger partial charge in [-0.15, -0.1) is 0 Å². The number of piperidine rings is 1. The van der Waals surface area contributed by atoms with Gasteiger partial charge in [0.1, 0.15) is 12.4 Å². The Bertz CT molecular complexity index is 1110. The Morgan fingerprint density at radius 1 is 1.00 bits per heavy atom. The second kappa shape index (κ2) is 11.6. The van der Waals surface area contributed by atoms with Crippen molar-refractivity contribution in [1.82, 2.24) is 4.90 Å². The molecule has 1 aliphatic heterocycles. The molecule has 2 aliphatic rings. The molecule has 2 unspecified atom stereocenters. The van der Waals surface area contributed by atoms with Gasteiger partial charge in [-0.1, -0.05) is 18.6 Å². The van der Waals surface area contributed by atoms with Crippen molar-refractivity contribution in [3.63, 3.8) is 0 Å². The summed E-state index contributed by atoms with van der Waals surface area (Å²) < 4.78 is 91.5. The van der Waals surface area contributed by atoms with Gasteiger partial charge in [0, 0.05) is 12.6 Å². The lowest BCUT2D eigenvalue weighted by Gasteiger charge is -2.36. The average Bonchev–Trinajstić information content (AvgIpc) is 3.71. The zero-order valence-electron chi connectivity index (χ0n) is 21.1. The summed E-state index contributed by atoms with van der Waals surface area (Å²) in [7, 11) is 1.36. The van der Waals surface area contributed by atoms with Crippen LogP contribution >= 0.6 is 0 Å². The van der Waals surface area contributed by atoms with Crippen LogP contribution in [0.2, 0.25) is 0 Å². The minimum Gasteiger partial charge on any atom is -0.492 e. The topological polar surface area (TPSA) is 38.8 Å². The SMILES string of the molecule is COC(=O)CC(c1cccc(OCC2CCCCN2Cc2cc(C(F)(F)F)ccc2C(F)(F)F)c1)C1CC1. The molecule has 0 spiro atoms. The number of esters is 1. The largest absolute Gasteiger partial charge is 0.492 e. The molecule has 1 heterocycles. The summed E-state index contributed by atoms with van der Waals surface area (Å²) in [5.74, 6) is 0.741. The first-order chi connectivity index (χ1) is 18.0. The van der Waals surface area contributed by atoms with E-state index in [1.807, 2.05) is 18.2 Å². The van der Waals surface area contributed by atoms with E-state index in [0.29, 0.717) is 42.8 Å². The van der Waals surface area contributed by atoms with Crippen LogP contribution in [0.4, 0.5) is 26.3 Å². The molecule has 2 aromatic carbocycles. The molecule has 1 aliphatic carbocycles. The summed E-state index contributed by atoms with van der Waals surface area (Å²) in [4.78, 5) is 13.7. The maximum absolute atomic E-state index is 13.6. The minimum atomic E-state index is -4.76. The summed E-state index contributed by atoms with van der Waals surface area (Å²) in [6, 6.07) is 8.80. The lowest BCUT2D eigenvalue weighted by atomic mass is 9.91. The summed E-state index contributed by atoms with van der Waals surface area (Å²) in [5.41, 5.74) is -1.58. The first-order valence-corrected chi connectivity index (χ1v) is 12.8. The van der Waals surface area contributed by atoms with Crippen LogP contribution in [0.15, 0.2) is 42.5 Å². The Kier molecular flexibility index (Phi) is 8.59. The van der Waals surface area contributed by atoms with Crippen LogP contribution in [-0.2, 0) is 28.4 Å². The van der Waals surface area contributed by atoms with Gasteiger partial charge in [0.15, 0.2) is 0 Å². The number of nitrogens with zero attached hydrogens (tertiary/aromatic N) is 1. The number of methoxy groups -OCH3 is 1.